The van der Waals surface area contributed by atoms with Crippen LogP contribution in [0, 0.1) is 5.92 Å². The summed E-state index contributed by atoms with van der Waals surface area (Å²) in [6, 6.07) is 7.24. The Morgan fingerprint density at radius 1 is 1.35 bits per heavy atom. The highest BCUT2D eigenvalue weighted by molar-refractivity contribution is 6.00. The number of nitrogens with zero attached hydrogens (tertiary/aromatic N) is 1. The summed E-state index contributed by atoms with van der Waals surface area (Å²) in [5, 5.41) is 14.8. The number of para-hydroxylation sites is 1. The van der Waals surface area contributed by atoms with Crippen molar-refractivity contribution in [2.75, 3.05) is 6.61 Å². The van der Waals surface area contributed by atoms with Crippen molar-refractivity contribution in [3.63, 3.8) is 0 Å². The summed E-state index contributed by atoms with van der Waals surface area (Å²) in [7, 11) is 0. The van der Waals surface area contributed by atoms with Crippen molar-refractivity contribution in [2.45, 2.75) is 33.7 Å². The van der Waals surface area contributed by atoms with Gasteiger partial charge < -0.3 is 15.3 Å². The van der Waals surface area contributed by atoms with Gasteiger partial charge in [-0.1, -0.05) is 31.1 Å². The molecule has 5 nitrogen and oxygen atoms in total. The largest absolute Gasteiger partial charge is 0.483 e. The van der Waals surface area contributed by atoms with Gasteiger partial charge in [0.25, 0.3) is 5.91 Å². The van der Waals surface area contributed by atoms with E-state index in [4.69, 9.17) is 9.94 Å². The van der Waals surface area contributed by atoms with Gasteiger partial charge in [0.1, 0.15) is 5.75 Å². The van der Waals surface area contributed by atoms with Crippen LogP contribution in [0.4, 0.5) is 0 Å². The Kier molecular flexibility index (Phi) is 6.03. The lowest BCUT2D eigenvalue weighted by Crippen LogP contribution is -2.39. The summed E-state index contributed by atoms with van der Waals surface area (Å²) >= 11 is 0. The minimum atomic E-state index is -0.167. The van der Waals surface area contributed by atoms with Crippen LogP contribution in [-0.4, -0.2) is 29.5 Å². The Labute approximate surface area is 119 Å². The first kappa shape index (κ1) is 16.0. The van der Waals surface area contributed by atoms with E-state index in [1.54, 1.807) is 25.1 Å². The molecule has 1 atom stereocenters. The molecule has 20 heavy (non-hydrogen) atoms. The molecule has 1 aromatic rings. The molecule has 0 spiro atoms. The van der Waals surface area contributed by atoms with Crippen molar-refractivity contribution in [2.24, 2.45) is 11.1 Å². The van der Waals surface area contributed by atoms with Crippen LogP contribution in [0.2, 0.25) is 0 Å². The van der Waals surface area contributed by atoms with Gasteiger partial charge in [-0.2, -0.15) is 0 Å². The topological polar surface area (TPSA) is 70.9 Å². The number of benzene rings is 1. The van der Waals surface area contributed by atoms with Crippen molar-refractivity contribution in [1.82, 2.24) is 5.32 Å². The van der Waals surface area contributed by atoms with Crippen LogP contribution in [0.25, 0.3) is 0 Å². The Hall–Kier alpha value is -2.04. The lowest BCUT2D eigenvalue weighted by atomic mass is 10.1. The molecule has 0 aliphatic heterocycles. The molecule has 1 rings (SSSR count). The average Bonchev–Trinajstić information content (AvgIpc) is 2.44. The Morgan fingerprint density at radius 3 is 2.60 bits per heavy atom. The van der Waals surface area contributed by atoms with Crippen LogP contribution >= 0.6 is 0 Å². The number of amides is 1. The van der Waals surface area contributed by atoms with Crippen LogP contribution in [0.1, 0.15) is 33.3 Å². The zero-order valence-electron chi connectivity index (χ0n) is 12.4. The molecule has 1 unspecified atom stereocenters. The molecule has 0 heterocycles. The summed E-state index contributed by atoms with van der Waals surface area (Å²) in [4.78, 5) is 11.8. The van der Waals surface area contributed by atoms with Crippen LogP contribution in [0.15, 0.2) is 29.4 Å². The number of oxime groups is 1. The predicted octanol–water partition coefficient (Wildman–Crippen LogP) is 2.42. The van der Waals surface area contributed by atoms with Crippen LogP contribution in [0.5, 0.6) is 5.75 Å². The average molecular weight is 278 g/mol. The summed E-state index contributed by atoms with van der Waals surface area (Å²) in [5.74, 6) is 0.727. The summed E-state index contributed by atoms with van der Waals surface area (Å²) in [5.41, 5.74) is 1.11. The Bertz CT molecular complexity index is 484. The van der Waals surface area contributed by atoms with E-state index in [9.17, 15) is 4.79 Å². The first-order valence-corrected chi connectivity index (χ1v) is 6.66. The number of carbonyl (C=O) groups is 1. The molecule has 0 fully saturated rings. The fourth-order valence-corrected chi connectivity index (χ4v) is 1.55. The molecule has 1 aromatic carbocycles. The molecule has 0 saturated heterocycles. The lowest BCUT2D eigenvalue weighted by molar-refractivity contribution is -0.124. The van der Waals surface area contributed by atoms with Gasteiger partial charge in [-0.25, -0.2) is 0 Å². The van der Waals surface area contributed by atoms with E-state index >= 15 is 0 Å². The van der Waals surface area contributed by atoms with Crippen LogP contribution in [0.3, 0.4) is 0 Å². The number of carbonyl (C=O) groups excluding carboxylic acids is 1. The fourth-order valence-electron chi connectivity index (χ4n) is 1.55. The third-order valence-electron chi connectivity index (χ3n) is 3.17. The zero-order valence-corrected chi connectivity index (χ0v) is 12.4. The van der Waals surface area contributed by atoms with E-state index in [0.717, 1.165) is 0 Å². The van der Waals surface area contributed by atoms with Gasteiger partial charge in [0, 0.05) is 11.6 Å². The molecule has 1 amide bonds. The van der Waals surface area contributed by atoms with E-state index < -0.39 is 0 Å². The number of hydrogen-bond acceptors (Lipinski definition) is 4. The molecule has 0 radical (unpaired) electrons. The maximum atomic E-state index is 11.8. The van der Waals surface area contributed by atoms with Gasteiger partial charge in [0.2, 0.25) is 0 Å². The van der Waals surface area contributed by atoms with E-state index in [-0.39, 0.29) is 18.6 Å². The maximum absolute atomic E-state index is 11.8. The molecular weight excluding hydrogens is 256 g/mol. The normalized spacial score (nSPS) is 13.2. The van der Waals surface area contributed by atoms with E-state index in [1.807, 2.05) is 26.8 Å². The Morgan fingerprint density at radius 2 is 2.00 bits per heavy atom. The highest BCUT2D eigenvalue weighted by atomic mass is 16.5. The third-order valence-corrected chi connectivity index (χ3v) is 3.17. The minimum absolute atomic E-state index is 0.0627. The van der Waals surface area contributed by atoms with Crippen molar-refractivity contribution >= 4 is 11.6 Å². The molecule has 5 heteroatoms. The van der Waals surface area contributed by atoms with Crippen molar-refractivity contribution < 1.29 is 14.7 Å². The smallest absolute Gasteiger partial charge is 0.258 e. The van der Waals surface area contributed by atoms with Crippen molar-refractivity contribution in [3.05, 3.63) is 29.8 Å². The molecule has 110 valence electrons. The monoisotopic (exact) mass is 278 g/mol. The summed E-state index contributed by atoms with van der Waals surface area (Å²) in [6.07, 6.45) is 0. The Balaban J connectivity index is 2.64. The molecule has 2 N–H and O–H groups in total. The zero-order chi connectivity index (χ0) is 15.1. The molecule has 0 bridgehead atoms. The number of nitrogens with one attached hydrogen (secondary N) is 1. The summed E-state index contributed by atoms with van der Waals surface area (Å²) in [6.45, 7) is 7.65. The van der Waals surface area contributed by atoms with Gasteiger partial charge in [-0.05, 0) is 31.9 Å². The lowest BCUT2D eigenvalue weighted by Gasteiger charge is -2.18. The standard InChI is InChI=1S/C15H22N2O3/c1-10(2)11(3)16-15(18)9-20-14-8-6-5-7-13(14)12(4)17-19/h5-8,10-11,19H,9H2,1-4H3,(H,16,18). The molecular formula is C15H22N2O3. The second-order valence-corrected chi connectivity index (χ2v) is 5.07. The SMILES string of the molecule is CC(=NO)c1ccccc1OCC(=O)NC(C)C(C)C. The van der Waals surface area contributed by atoms with E-state index in [1.165, 1.54) is 0 Å². The van der Waals surface area contributed by atoms with Crippen LogP contribution < -0.4 is 10.1 Å². The highest BCUT2D eigenvalue weighted by Crippen LogP contribution is 2.18. The summed E-state index contributed by atoms with van der Waals surface area (Å²) < 4.78 is 5.50. The van der Waals surface area contributed by atoms with Crippen molar-refractivity contribution in [1.29, 1.82) is 0 Å². The first-order chi connectivity index (χ1) is 9.45. The number of rotatable bonds is 6. The third kappa shape index (κ3) is 4.57. The second kappa shape index (κ2) is 7.53. The van der Waals surface area contributed by atoms with E-state index in [2.05, 4.69) is 10.5 Å². The minimum Gasteiger partial charge on any atom is -0.483 e. The predicted molar refractivity (Wildman–Crippen MR) is 78.4 cm³/mol. The molecule has 0 aromatic heterocycles. The fraction of sp³-hybridized carbons (Fsp3) is 0.467. The van der Waals surface area contributed by atoms with E-state index in [0.29, 0.717) is 22.9 Å². The number of hydrogen-bond donors (Lipinski definition) is 2. The molecule has 0 saturated carbocycles. The van der Waals surface area contributed by atoms with Gasteiger partial charge in [0.15, 0.2) is 6.61 Å². The highest BCUT2D eigenvalue weighted by Gasteiger charge is 2.12. The van der Waals surface area contributed by atoms with Crippen molar-refractivity contribution in [3.8, 4) is 5.75 Å². The van der Waals surface area contributed by atoms with Gasteiger partial charge in [-0.3, -0.25) is 4.79 Å². The van der Waals surface area contributed by atoms with Crippen LogP contribution in [-0.2, 0) is 4.79 Å². The molecule has 0 aliphatic rings. The van der Waals surface area contributed by atoms with Gasteiger partial charge in [-0.15, -0.1) is 0 Å². The number of ether oxygens (including phenoxy) is 1. The quantitative estimate of drug-likeness (QED) is 0.477. The first-order valence-electron chi connectivity index (χ1n) is 6.66. The molecule has 0 aliphatic carbocycles. The van der Waals surface area contributed by atoms with Gasteiger partial charge >= 0.3 is 0 Å². The maximum Gasteiger partial charge on any atom is 0.258 e. The second-order valence-electron chi connectivity index (χ2n) is 5.07. The van der Waals surface area contributed by atoms with Gasteiger partial charge in [0.05, 0.1) is 5.71 Å².